The Balaban J connectivity index is 1.50. The van der Waals surface area contributed by atoms with Crippen LogP contribution in [0.25, 0.3) is 11.5 Å². The largest absolute Gasteiger partial charge is 0.310 e. The Morgan fingerprint density at radius 2 is 1.91 bits per heavy atom. The number of anilines is 1. The van der Waals surface area contributed by atoms with Crippen LogP contribution in [0.4, 0.5) is 5.82 Å². The van der Waals surface area contributed by atoms with Gasteiger partial charge in [0.2, 0.25) is 5.91 Å². The van der Waals surface area contributed by atoms with E-state index in [0.717, 1.165) is 11.4 Å². The van der Waals surface area contributed by atoms with E-state index in [1.54, 1.807) is 17.2 Å². The van der Waals surface area contributed by atoms with Gasteiger partial charge in [-0.25, -0.2) is 4.98 Å². The molecule has 4 aromatic rings. The Kier molecular flexibility index (Phi) is 6.09. The van der Waals surface area contributed by atoms with E-state index in [4.69, 9.17) is 0 Å². The molecular weight excluding hydrogens is 422 g/mol. The first-order valence-corrected chi connectivity index (χ1v) is 11.2. The zero-order chi connectivity index (χ0) is 22.7. The van der Waals surface area contributed by atoms with Gasteiger partial charge in [0.25, 0.3) is 0 Å². The number of hydrogen-bond donors (Lipinski definition) is 1. The van der Waals surface area contributed by atoms with Gasteiger partial charge >= 0.3 is 0 Å². The molecule has 4 rings (SSSR count). The van der Waals surface area contributed by atoms with Gasteiger partial charge in [-0.2, -0.15) is 9.78 Å². The lowest BCUT2D eigenvalue weighted by atomic mass is 9.92. The van der Waals surface area contributed by atoms with Gasteiger partial charge in [-0.05, 0) is 31.2 Å². The first-order valence-electron chi connectivity index (χ1n) is 10.2. The van der Waals surface area contributed by atoms with Crippen LogP contribution in [-0.2, 0) is 10.2 Å². The lowest BCUT2D eigenvalue weighted by Crippen LogP contribution is -2.17. The minimum atomic E-state index is -0.168. The van der Waals surface area contributed by atoms with Crippen LogP contribution < -0.4 is 5.32 Å². The van der Waals surface area contributed by atoms with Crippen LogP contribution in [0.15, 0.2) is 66.2 Å². The fourth-order valence-corrected chi connectivity index (χ4v) is 3.73. The van der Waals surface area contributed by atoms with Crippen LogP contribution in [0.1, 0.15) is 32.0 Å². The predicted octanol–water partition coefficient (Wildman–Crippen LogP) is 4.18. The van der Waals surface area contributed by atoms with Gasteiger partial charge in [0.15, 0.2) is 11.0 Å². The molecule has 32 heavy (non-hydrogen) atoms. The highest BCUT2D eigenvalue weighted by Gasteiger charge is 2.22. The van der Waals surface area contributed by atoms with E-state index < -0.39 is 0 Å². The van der Waals surface area contributed by atoms with E-state index in [0.29, 0.717) is 16.8 Å². The number of nitrogens with one attached hydrogen (secondary N) is 1. The number of hydrogen-bond acceptors (Lipinski definition) is 6. The van der Waals surface area contributed by atoms with Gasteiger partial charge in [-0.15, -0.1) is 10.2 Å². The summed E-state index contributed by atoms with van der Waals surface area (Å²) in [5.41, 5.74) is 2.82. The molecule has 9 heteroatoms. The second-order valence-electron chi connectivity index (χ2n) is 8.42. The number of thioether (sulfide) groups is 1. The molecule has 0 saturated carbocycles. The van der Waals surface area contributed by atoms with Crippen molar-refractivity contribution in [3.63, 3.8) is 0 Å². The molecule has 1 amide bonds. The van der Waals surface area contributed by atoms with Crippen LogP contribution >= 0.6 is 11.8 Å². The van der Waals surface area contributed by atoms with Crippen molar-refractivity contribution in [2.45, 2.75) is 38.3 Å². The van der Waals surface area contributed by atoms with E-state index in [1.807, 2.05) is 60.0 Å². The van der Waals surface area contributed by atoms with Crippen molar-refractivity contribution < 1.29 is 4.79 Å². The van der Waals surface area contributed by atoms with Crippen LogP contribution in [0, 0.1) is 6.92 Å². The molecule has 0 bridgehead atoms. The van der Waals surface area contributed by atoms with E-state index in [9.17, 15) is 4.79 Å². The molecule has 1 N–H and O–H groups in total. The highest BCUT2D eigenvalue weighted by molar-refractivity contribution is 7.99. The van der Waals surface area contributed by atoms with E-state index in [-0.39, 0.29) is 17.1 Å². The van der Waals surface area contributed by atoms with Crippen LogP contribution in [0.3, 0.4) is 0 Å². The van der Waals surface area contributed by atoms with Gasteiger partial charge in [0.1, 0.15) is 12.1 Å². The molecule has 0 atom stereocenters. The first-order chi connectivity index (χ1) is 15.3. The Morgan fingerprint density at radius 3 is 2.59 bits per heavy atom. The van der Waals surface area contributed by atoms with Crippen molar-refractivity contribution in [2.24, 2.45) is 0 Å². The summed E-state index contributed by atoms with van der Waals surface area (Å²) < 4.78 is 3.53. The quantitative estimate of drug-likeness (QED) is 0.446. The molecule has 3 aromatic heterocycles. The van der Waals surface area contributed by atoms with Gasteiger partial charge in [-0.3, -0.25) is 9.36 Å². The van der Waals surface area contributed by atoms with E-state index >= 15 is 0 Å². The van der Waals surface area contributed by atoms with Crippen molar-refractivity contribution in [3.05, 3.63) is 72.3 Å². The van der Waals surface area contributed by atoms with E-state index in [2.05, 4.69) is 46.4 Å². The molecule has 3 heterocycles. The Hall–Kier alpha value is -3.46. The Labute approximate surface area is 191 Å². The fourth-order valence-electron chi connectivity index (χ4n) is 3.00. The number of carbonyl (C=O) groups is 1. The minimum Gasteiger partial charge on any atom is -0.310 e. The summed E-state index contributed by atoms with van der Waals surface area (Å²) in [6.07, 6.45) is 3.35. The predicted molar refractivity (Wildman–Crippen MR) is 126 cm³/mol. The van der Waals surface area contributed by atoms with Crippen LogP contribution in [0.5, 0.6) is 0 Å². The maximum Gasteiger partial charge on any atom is 0.236 e. The summed E-state index contributed by atoms with van der Waals surface area (Å²) in [4.78, 5) is 17.2. The summed E-state index contributed by atoms with van der Waals surface area (Å²) in [5.74, 6) is 1.25. The molecule has 0 saturated heterocycles. The normalized spacial score (nSPS) is 11.5. The third-order valence-electron chi connectivity index (χ3n) is 4.77. The number of pyridine rings is 1. The topological polar surface area (TPSA) is 90.5 Å². The third-order valence-corrected chi connectivity index (χ3v) is 5.72. The standard InChI is InChI=1S/C23H25N7OS/c1-16-8-10-17(11-9-16)29-15-25-27-22(29)32-14-21(31)26-20-13-18(23(2,3)4)28-30(20)19-7-5-6-12-24-19/h5-13,15H,14H2,1-4H3,(H,26,31). The Bertz CT molecular complexity index is 1210. The number of aryl methyl sites for hydroxylation is 1. The molecule has 0 fully saturated rings. The van der Waals surface area contributed by atoms with Gasteiger partial charge < -0.3 is 5.32 Å². The van der Waals surface area contributed by atoms with Crippen molar-refractivity contribution in [1.82, 2.24) is 29.5 Å². The van der Waals surface area contributed by atoms with Crippen LogP contribution in [0.2, 0.25) is 0 Å². The second kappa shape index (κ2) is 8.96. The van der Waals surface area contributed by atoms with E-state index in [1.165, 1.54) is 17.3 Å². The maximum atomic E-state index is 12.8. The molecular formula is C23H25N7OS. The molecule has 8 nitrogen and oxygen atoms in total. The average Bonchev–Trinajstić information content (AvgIpc) is 3.40. The monoisotopic (exact) mass is 447 g/mol. The summed E-state index contributed by atoms with van der Waals surface area (Å²) in [5, 5.41) is 16.5. The van der Waals surface area contributed by atoms with Crippen molar-refractivity contribution in [3.8, 4) is 11.5 Å². The summed E-state index contributed by atoms with van der Waals surface area (Å²) in [6.45, 7) is 8.28. The summed E-state index contributed by atoms with van der Waals surface area (Å²) >= 11 is 1.33. The van der Waals surface area contributed by atoms with Gasteiger partial charge in [-0.1, -0.05) is 56.3 Å². The van der Waals surface area contributed by atoms with Gasteiger partial charge in [0.05, 0.1) is 11.4 Å². The number of amides is 1. The molecule has 1 aromatic carbocycles. The smallest absolute Gasteiger partial charge is 0.236 e. The highest BCUT2D eigenvalue weighted by Crippen LogP contribution is 2.26. The zero-order valence-corrected chi connectivity index (χ0v) is 19.3. The second-order valence-corrected chi connectivity index (χ2v) is 9.36. The SMILES string of the molecule is Cc1ccc(-n2cnnc2SCC(=O)Nc2cc(C(C)(C)C)nn2-c2ccccn2)cc1. The number of nitrogens with zero attached hydrogens (tertiary/aromatic N) is 6. The number of rotatable bonds is 6. The van der Waals surface area contributed by atoms with Crippen molar-refractivity contribution in [1.29, 1.82) is 0 Å². The third kappa shape index (κ3) is 4.88. The molecule has 0 spiro atoms. The maximum absolute atomic E-state index is 12.8. The highest BCUT2D eigenvalue weighted by atomic mass is 32.2. The molecule has 0 unspecified atom stereocenters. The minimum absolute atomic E-state index is 0.161. The molecule has 0 aliphatic heterocycles. The zero-order valence-electron chi connectivity index (χ0n) is 18.5. The van der Waals surface area contributed by atoms with Crippen molar-refractivity contribution >= 4 is 23.5 Å². The fraction of sp³-hybridized carbons (Fsp3) is 0.261. The van der Waals surface area contributed by atoms with Crippen LogP contribution in [-0.4, -0.2) is 41.2 Å². The Morgan fingerprint density at radius 1 is 1.12 bits per heavy atom. The molecule has 0 aliphatic carbocycles. The average molecular weight is 448 g/mol. The lowest BCUT2D eigenvalue weighted by molar-refractivity contribution is -0.113. The number of benzene rings is 1. The molecule has 0 radical (unpaired) electrons. The summed E-state index contributed by atoms with van der Waals surface area (Å²) in [7, 11) is 0. The lowest BCUT2D eigenvalue weighted by Gasteiger charge is -2.13. The van der Waals surface area contributed by atoms with Crippen molar-refractivity contribution in [2.75, 3.05) is 11.1 Å². The summed E-state index contributed by atoms with van der Waals surface area (Å²) in [6, 6.07) is 15.5. The molecule has 164 valence electrons. The van der Waals surface area contributed by atoms with Gasteiger partial charge in [0, 0.05) is 23.4 Å². The first kappa shape index (κ1) is 21.8. The number of aromatic nitrogens is 6. The number of carbonyl (C=O) groups excluding carboxylic acids is 1. The molecule has 0 aliphatic rings.